The van der Waals surface area contributed by atoms with Gasteiger partial charge in [0.15, 0.2) is 5.69 Å². The second-order valence-electron chi connectivity index (χ2n) is 7.24. The molecule has 2 aromatic rings. The molecule has 1 aliphatic rings. The van der Waals surface area contributed by atoms with Crippen molar-refractivity contribution in [2.45, 2.75) is 39.4 Å². The topological polar surface area (TPSA) is 79.3 Å². The molecule has 0 unspecified atom stereocenters. The average molecular weight is 369 g/mol. The lowest BCUT2D eigenvalue weighted by molar-refractivity contribution is -0.120. The molecule has 0 radical (unpaired) electrons. The molecule has 1 aromatic heterocycles. The lowest BCUT2D eigenvalue weighted by atomic mass is 10.2. The normalized spacial score (nSPS) is 14.5. The molecule has 0 aliphatic carbocycles. The van der Waals surface area contributed by atoms with Crippen LogP contribution in [0.25, 0.3) is 11.4 Å². The summed E-state index contributed by atoms with van der Waals surface area (Å²) < 4.78 is 2.14. The van der Waals surface area contributed by atoms with E-state index in [0.29, 0.717) is 12.2 Å². The van der Waals surface area contributed by atoms with Crippen molar-refractivity contribution >= 4 is 11.8 Å². The second-order valence-corrected chi connectivity index (χ2v) is 7.24. The first-order valence-electron chi connectivity index (χ1n) is 9.36. The van der Waals surface area contributed by atoms with Crippen molar-refractivity contribution in [1.82, 2.24) is 25.1 Å². The van der Waals surface area contributed by atoms with Gasteiger partial charge in [-0.3, -0.25) is 9.59 Å². The number of rotatable bonds is 5. The Hall–Kier alpha value is -2.67. The fraction of sp³-hybridized carbons (Fsp3) is 0.450. The zero-order valence-electron chi connectivity index (χ0n) is 16.2. The van der Waals surface area contributed by atoms with E-state index in [-0.39, 0.29) is 24.4 Å². The summed E-state index contributed by atoms with van der Waals surface area (Å²) in [7, 11) is 2.04. The highest BCUT2D eigenvalue weighted by Gasteiger charge is 2.25. The van der Waals surface area contributed by atoms with Gasteiger partial charge >= 0.3 is 0 Å². The summed E-state index contributed by atoms with van der Waals surface area (Å²) in [6, 6.07) is 9.94. The molecule has 0 saturated carbocycles. The van der Waals surface area contributed by atoms with E-state index in [4.69, 9.17) is 0 Å². The Labute approximate surface area is 159 Å². The molecule has 7 nitrogen and oxygen atoms in total. The van der Waals surface area contributed by atoms with Gasteiger partial charge in [0.25, 0.3) is 5.91 Å². The van der Waals surface area contributed by atoms with Crippen molar-refractivity contribution in [2.24, 2.45) is 0 Å². The highest BCUT2D eigenvalue weighted by atomic mass is 16.2. The summed E-state index contributed by atoms with van der Waals surface area (Å²) in [5.41, 5.74) is 2.29. The van der Waals surface area contributed by atoms with Crippen molar-refractivity contribution in [2.75, 3.05) is 20.1 Å². The van der Waals surface area contributed by atoms with Gasteiger partial charge in [0.2, 0.25) is 5.91 Å². The molecule has 0 bridgehead atoms. The number of amides is 2. The molecule has 144 valence electrons. The molecule has 1 aliphatic heterocycles. The number of fused-ring (bicyclic) bond motifs is 1. The van der Waals surface area contributed by atoms with Gasteiger partial charge in [-0.2, -0.15) is 0 Å². The van der Waals surface area contributed by atoms with Gasteiger partial charge in [-0.25, -0.2) is 4.98 Å². The lowest BCUT2D eigenvalue weighted by Gasteiger charge is -2.13. The molecule has 0 spiro atoms. The monoisotopic (exact) mass is 369 g/mol. The molecule has 2 N–H and O–H groups in total. The number of carbonyl (C=O) groups is 2. The Morgan fingerprint density at radius 3 is 2.63 bits per heavy atom. The van der Waals surface area contributed by atoms with Gasteiger partial charge in [-0.15, -0.1) is 0 Å². The SMILES string of the molecule is CC(C)NC(=O)CNC(=O)c1nc(-c2ccccc2)n2c1CN(C)CCC2. The minimum atomic E-state index is -0.310. The zero-order valence-corrected chi connectivity index (χ0v) is 16.2. The number of nitrogens with zero attached hydrogens (tertiary/aromatic N) is 3. The third-order valence-electron chi connectivity index (χ3n) is 4.52. The molecule has 0 atom stereocenters. The summed E-state index contributed by atoms with van der Waals surface area (Å²) >= 11 is 0. The Balaban J connectivity index is 1.89. The molecule has 27 heavy (non-hydrogen) atoms. The number of imidazole rings is 1. The smallest absolute Gasteiger partial charge is 0.272 e. The van der Waals surface area contributed by atoms with Crippen LogP contribution in [0.1, 0.15) is 36.5 Å². The number of nitrogens with one attached hydrogen (secondary N) is 2. The van der Waals surface area contributed by atoms with Crippen LogP contribution < -0.4 is 10.6 Å². The van der Waals surface area contributed by atoms with Gasteiger partial charge in [-0.1, -0.05) is 30.3 Å². The molecule has 0 saturated heterocycles. The maximum Gasteiger partial charge on any atom is 0.272 e. The highest BCUT2D eigenvalue weighted by Crippen LogP contribution is 2.25. The number of benzene rings is 1. The van der Waals surface area contributed by atoms with E-state index in [1.54, 1.807) is 0 Å². The number of aromatic nitrogens is 2. The predicted octanol–water partition coefficient (Wildman–Crippen LogP) is 1.64. The molecular weight excluding hydrogens is 342 g/mol. The van der Waals surface area contributed by atoms with E-state index in [2.05, 4.69) is 25.1 Å². The van der Waals surface area contributed by atoms with Crippen molar-refractivity contribution < 1.29 is 9.59 Å². The maximum atomic E-state index is 12.8. The molecule has 1 aromatic carbocycles. The standard InChI is InChI=1S/C20H27N5O2/c1-14(2)22-17(26)12-21-20(27)18-16-13-24(3)10-7-11-25(16)19(23-18)15-8-5-4-6-9-15/h4-6,8-9,14H,7,10-13H2,1-3H3,(H,21,27)(H,22,26). The summed E-state index contributed by atoms with van der Waals surface area (Å²) in [4.78, 5) is 31.5. The van der Waals surface area contributed by atoms with Crippen LogP contribution in [0.15, 0.2) is 30.3 Å². The molecule has 3 rings (SSSR count). The Morgan fingerprint density at radius 2 is 1.93 bits per heavy atom. The average Bonchev–Trinajstić information content (AvgIpc) is 2.87. The second kappa shape index (κ2) is 8.35. The van der Waals surface area contributed by atoms with E-state index in [0.717, 1.165) is 36.6 Å². The number of carbonyl (C=O) groups excluding carboxylic acids is 2. The van der Waals surface area contributed by atoms with Gasteiger partial charge < -0.3 is 20.1 Å². The van der Waals surface area contributed by atoms with Gasteiger partial charge in [-0.05, 0) is 33.9 Å². The third kappa shape index (κ3) is 4.54. The van der Waals surface area contributed by atoms with Crippen LogP contribution in [0, 0.1) is 0 Å². The Kier molecular flexibility index (Phi) is 5.91. The minimum absolute atomic E-state index is 0.0385. The molecule has 7 heteroatoms. The highest BCUT2D eigenvalue weighted by molar-refractivity contribution is 5.96. The Morgan fingerprint density at radius 1 is 1.19 bits per heavy atom. The molecular formula is C20H27N5O2. The van der Waals surface area contributed by atoms with Crippen LogP contribution in [0.5, 0.6) is 0 Å². The first-order chi connectivity index (χ1) is 13.0. The number of hydrogen-bond acceptors (Lipinski definition) is 4. The summed E-state index contributed by atoms with van der Waals surface area (Å²) in [5.74, 6) is 0.289. The van der Waals surface area contributed by atoms with E-state index < -0.39 is 0 Å². The van der Waals surface area contributed by atoms with Crippen LogP contribution in [-0.4, -0.2) is 52.4 Å². The fourth-order valence-corrected chi connectivity index (χ4v) is 3.33. The first-order valence-corrected chi connectivity index (χ1v) is 9.36. The van der Waals surface area contributed by atoms with E-state index >= 15 is 0 Å². The van der Waals surface area contributed by atoms with E-state index in [1.807, 2.05) is 51.2 Å². The lowest BCUT2D eigenvalue weighted by Crippen LogP contribution is -2.40. The molecule has 2 amide bonds. The summed E-state index contributed by atoms with van der Waals surface area (Å²) in [5, 5.41) is 5.48. The van der Waals surface area contributed by atoms with E-state index in [9.17, 15) is 9.59 Å². The summed E-state index contributed by atoms with van der Waals surface area (Å²) in [6.45, 7) is 6.15. The van der Waals surface area contributed by atoms with Crippen LogP contribution in [0.3, 0.4) is 0 Å². The van der Waals surface area contributed by atoms with Crippen molar-refractivity contribution in [3.05, 3.63) is 41.7 Å². The zero-order chi connectivity index (χ0) is 19.4. The van der Waals surface area contributed by atoms with Gasteiger partial charge in [0.1, 0.15) is 5.82 Å². The largest absolute Gasteiger partial charge is 0.352 e. The molecule has 0 fully saturated rings. The number of hydrogen-bond donors (Lipinski definition) is 2. The van der Waals surface area contributed by atoms with Crippen molar-refractivity contribution in [1.29, 1.82) is 0 Å². The summed E-state index contributed by atoms with van der Waals surface area (Å²) in [6.07, 6.45) is 0.998. The van der Waals surface area contributed by atoms with Crippen LogP contribution >= 0.6 is 0 Å². The quantitative estimate of drug-likeness (QED) is 0.840. The van der Waals surface area contributed by atoms with Gasteiger partial charge in [0.05, 0.1) is 12.2 Å². The first kappa shape index (κ1) is 19.1. The minimum Gasteiger partial charge on any atom is -0.352 e. The van der Waals surface area contributed by atoms with E-state index in [1.165, 1.54) is 0 Å². The van der Waals surface area contributed by atoms with Gasteiger partial charge in [0, 0.05) is 24.7 Å². The van der Waals surface area contributed by atoms with Crippen LogP contribution in [0.4, 0.5) is 0 Å². The van der Waals surface area contributed by atoms with Crippen molar-refractivity contribution in [3.63, 3.8) is 0 Å². The molecule has 2 heterocycles. The fourth-order valence-electron chi connectivity index (χ4n) is 3.33. The van der Waals surface area contributed by atoms with Crippen LogP contribution in [0.2, 0.25) is 0 Å². The Bertz CT molecular complexity index is 813. The van der Waals surface area contributed by atoms with Crippen molar-refractivity contribution in [3.8, 4) is 11.4 Å². The third-order valence-corrected chi connectivity index (χ3v) is 4.52. The maximum absolute atomic E-state index is 12.8. The van der Waals surface area contributed by atoms with Crippen LogP contribution in [-0.2, 0) is 17.9 Å². The predicted molar refractivity (Wildman–Crippen MR) is 104 cm³/mol.